The molecule has 88 valence electrons. The number of rotatable bonds is 3. The highest BCUT2D eigenvalue weighted by molar-refractivity contribution is 7.80. The predicted octanol–water partition coefficient (Wildman–Crippen LogP) is -0.0597. The molecule has 15 heavy (non-hydrogen) atoms. The van der Waals surface area contributed by atoms with E-state index in [0.29, 0.717) is 11.7 Å². The molecule has 3 N–H and O–H groups in total. The van der Waals surface area contributed by atoms with Gasteiger partial charge in [0.1, 0.15) is 6.23 Å². The molecule has 1 aliphatic heterocycles. The molecule has 1 aliphatic rings. The van der Waals surface area contributed by atoms with Gasteiger partial charge in [0.25, 0.3) is 0 Å². The minimum absolute atomic E-state index is 0.0588. The summed E-state index contributed by atoms with van der Waals surface area (Å²) in [7, 11) is 0. The molecule has 0 aromatic rings. The van der Waals surface area contributed by atoms with E-state index in [9.17, 15) is 0 Å². The quantitative estimate of drug-likeness (QED) is 0.595. The molecule has 0 bridgehead atoms. The van der Waals surface area contributed by atoms with Crippen LogP contribution in [0, 0.1) is 0 Å². The van der Waals surface area contributed by atoms with Crippen molar-refractivity contribution in [2.75, 3.05) is 13.2 Å². The summed E-state index contributed by atoms with van der Waals surface area (Å²) in [5.41, 5.74) is 0. The SMILES string of the molecule is C[C@@H]1O[C@@H](NC(=S)NCCO)C[C@H](C)O1. The second-order valence-corrected chi connectivity index (χ2v) is 3.91. The first-order valence-corrected chi connectivity index (χ1v) is 5.48. The Morgan fingerprint density at radius 3 is 2.80 bits per heavy atom. The molecule has 5 nitrogen and oxygen atoms in total. The van der Waals surface area contributed by atoms with E-state index in [1.54, 1.807) is 0 Å². The number of ether oxygens (including phenoxy) is 2. The Kier molecular flexibility index (Phi) is 5.24. The van der Waals surface area contributed by atoms with Crippen molar-refractivity contribution in [3.63, 3.8) is 0 Å². The first-order valence-electron chi connectivity index (χ1n) is 5.08. The largest absolute Gasteiger partial charge is 0.395 e. The normalized spacial score (nSPS) is 31.0. The van der Waals surface area contributed by atoms with Gasteiger partial charge >= 0.3 is 0 Å². The van der Waals surface area contributed by atoms with E-state index in [1.165, 1.54) is 0 Å². The Balaban J connectivity index is 2.27. The van der Waals surface area contributed by atoms with Crippen LogP contribution < -0.4 is 10.6 Å². The van der Waals surface area contributed by atoms with Crippen molar-refractivity contribution in [1.82, 2.24) is 10.6 Å². The van der Waals surface area contributed by atoms with Gasteiger partial charge in [-0.1, -0.05) is 0 Å². The maximum Gasteiger partial charge on any atom is 0.168 e. The molecule has 1 heterocycles. The predicted molar refractivity (Wildman–Crippen MR) is 60.3 cm³/mol. The number of aliphatic hydroxyl groups excluding tert-OH is 1. The Hall–Kier alpha value is -0.430. The monoisotopic (exact) mass is 234 g/mol. The third-order valence-electron chi connectivity index (χ3n) is 2.02. The summed E-state index contributed by atoms with van der Waals surface area (Å²) < 4.78 is 10.9. The van der Waals surface area contributed by atoms with Gasteiger partial charge in [-0.3, -0.25) is 0 Å². The number of hydrogen-bond donors (Lipinski definition) is 3. The third kappa shape index (κ3) is 4.74. The summed E-state index contributed by atoms with van der Waals surface area (Å²) in [5.74, 6) is 0. The summed E-state index contributed by atoms with van der Waals surface area (Å²) in [6.45, 7) is 4.36. The average molecular weight is 234 g/mol. The van der Waals surface area contributed by atoms with Crippen molar-refractivity contribution in [3.05, 3.63) is 0 Å². The fraction of sp³-hybridized carbons (Fsp3) is 0.889. The van der Waals surface area contributed by atoms with Gasteiger partial charge in [-0.2, -0.15) is 0 Å². The fourth-order valence-corrected chi connectivity index (χ4v) is 1.70. The van der Waals surface area contributed by atoms with Crippen LogP contribution in [0.15, 0.2) is 0 Å². The fourth-order valence-electron chi connectivity index (χ4n) is 1.46. The first kappa shape index (κ1) is 12.6. The average Bonchev–Trinajstić information content (AvgIpc) is 2.13. The molecular weight excluding hydrogens is 216 g/mol. The van der Waals surface area contributed by atoms with Crippen molar-refractivity contribution in [1.29, 1.82) is 0 Å². The van der Waals surface area contributed by atoms with Gasteiger partial charge in [0.2, 0.25) is 0 Å². The molecule has 0 saturated carbocycles. The number of hydrogen-bond acceptors (Lipinski definition) is 4. The second kappa shape index (κ2) is 6.22. The van der Waals surface area contributed by atoms with Crippen LogP contribution in [0.25, 0.3) is 0 Å². The van der Waals surface area contributed by atoms with Crippen molar-refractivity contribution in [3.8, 4) is 0 Å². The van der Waals surface area contributed by atoms with E-state index in [2.05, 4.69) is 10.6 Å². The number of thiocarbonyl (C=S) groups is 1. The number of nitrogens with one attached hydrogen (secondary N) is 2. The minimum atomic E-state index is -0.216. The van der Waals surface area contributed by atoms with Gasteiger partial charge in [-0.05, 0) is 26.1 Å². The van der Waals surface area contributed by atoms with Crippen LogP contribution in [0.3, 0.4) is 0 Å². The highest BCUT2D eigenvalue weighted by Crippen LogP contribution is 2.15. The maximum atomic E-state index is 8.60. The Bertz CT molecular complexity index is 206. The van der Waals surface area contributed by atoms with Gasteiger partial charge in [-0.25, -0.2) is 0 Å². The lowest BCUT2D eigenvalue weighted by Gasteiger charge is -2.33. The van der Waals surface area contributed by atoms with Crippen LogP contribution in [0.1, 0.15) is 20.3 Å². The molecule has 0 aliphatic carbocycles. The lowest BCUT2D eigenvalue weighted by Crippen LogP contribution is -2.49. The Labute approximate surface area is 95.1 Å². The van der Waals surface area contributed by atoms with Gasteiger partial charge in [-0.15, -0.1) is 0 Å². The first-order chi connectivity index (χ1) is 7.11. The number of aliphatic hydroxyl groups is 1. The van der Waals surface area contributed by atoms with Gasteiger partial charge in [0.05, 0.1) is 12.7 Å². The minimum Gasteiger partial charge on any atom is -0.395 e. The standard InChI is InChI=1S/C9H18N2O3S/c1-6-5-8(14-7(2)13-6)11-9(15)10-3-4-12/h6-8,12H,3-5H2,1-2H3,(H2,10,11,15)/t6-,7-,8+/m0/s1. The molecule has 0 aromatic carbocycles. The van der Waals surface area contributed by atoms with E-state index in [4.69, 9.17) is 26.8 Å². The zero-order valence-corrected chi connectivity index (χ0v) is 9.84. The molecule has 1 fully saturated rings. The molecule has 6 heteroatoms. The molecule has 0 aromatic heterocycles. The van der Waals surface area contributed by atoms with E-state index < -0.39 is 0 Å². The van der Waals surface area contributed by atoms with Crippen molar-refractivity contribution >= 4 is 17.3 Å². The molecular formula is C9H18N2O3S. The summed E-state index contributed by atoms with van der Waals surface area (Å²) in [5, 5.41) is 15.0. The topological polar surface area (TPSA) is 62.8 Å². The Morgan fingerprint density at radius 1 is 1.47 bits per heavy atom. The van der Waals surface area contributed by atoms with Crippen molar-refractivity contribution in [2.24, 2.45) is 0 Å². The van der Waals surface area contributed by atoms with E-state index in [0.717, 1.165) is 6.42 Å². The van der Waals surface area contributed by atoms with E-state index >= 15 is 0 Å². The van der Waals surface area contributed by atoms with Crippen LogP contribution in [0.2, 0.25) is 0 Å². The van der Waals surface area contributed by atoms with E-state index in [1.807, 2.05) is 13.8 Å². The van der Waals surface area contributed by atoms with Crippen molar-refractivity contribution < 1.29 is 14.6 Å². The summed E-state index contributed by atoms with van der Waals surface area (Å²) >= 11 is 5.02. The lowest BCUT2D eigenvalue weighted by atomic mass is 10.2. The van der Waals surface area contributed by atoms with Gasteiger partial charge in [0.15, 0.2) is 11.4 Å². The van der Waals surface area contributed by atoms with Crippen LogP contribution in [0.4, 0.5) is 0 Å². The zero-order chi connectivity index (χ0) is 11.3. The summed E-state index contributed by atoms with van der Waals surface area (Å²) in [6, 6.07) is 0. The van der Waals surface area contributed by atoms with E-state index in [-0.39, 0.29) is 25.2 Å². The highest BCUT2D eigenvalue weighted by Gasteiger charge is 2.24. The van der Waals surface area contributed by atoms with Gasteiger partial charge < -0.3 is 25.2 Å². The molecule has 0 spiro atoms. The smallest absolute Gasteiger partial charge is 0.168 e. The van der Waals surface area contributed by atoms with Crippen molar-refractivity contribution in [2.45, 2.75) is 38.9 Å². The van der Waals surface area contributed by atoms with Crippen LogP contribution >= 0.6 is 12.2 Å². The third-order valence-corrected chi connectivity index (χ3v) is 2.28. The highest BCUT2D eigenvalue weighted by atomic mass is 32.1. The van der Waals surface area contributed by atoms with Crippen LogP contribution in [-0.2, 0) is 9.47 Å². The molecule has 0 radical (unpaired) electrons. The Morgan fingerprint density at radius 2 is 2.20 bits per heavy atom. The molecule has 0 amide bonds. The van der Waals surface area contributed by atoms with Crippen LogP contribution in [0.5, 0.6) is 0 Å². The summed E-state index contributed by atoms with van der Waals surface area (Å²) in [6.07, 6.45) is 0.576. The maximum absolute atomic E-state index is 8.60. The molecule has 1 saturated heterocycles. The molecule has 0 unspecified atom stereocenters. The molecule has 3 atom stereocenters. The molecule has 1 rings (SSSR count). The van der Waals surface area contributed by atoms with Gasteiger partial charge in [0, 0.05) is 13.0 Å². The summed E-state index contributed by atoms with van der Waals surface area (Å²) in [4.78, 5) is 0. The lowest BCUT2D eigenvalue weighted by molar-refractivity contribution is -0.232. The second-order valence-electron chi connectivity index (χ2n) is 3.50. The van der Waals surface area contributed by atoms with Crippen LogP contribution in [-0.4, -0.2) is 42.0 Å². The zero-order valence-electron chi connectivity index (χ0n) is 9.03.